The molecule has 0 aromatic rings. The lowest BCUT2D eigenvalue weighted by atomic mass is 9.93. The van der Waals surface area contributed by atoms with Gasteiger partial charge in [-0.1, -0.05) is 20.8 Å². The van der Waals surface area contributed by atoms with Gasteiger partial charge in [0.05, 0.1) is 0 Å². The number of amides is 1. The molecular formula is C12H24N2O. The van der Waals surface area contributed by atoms with Crippen molar-refractivity contribution in [1.29, 1.82) is 0 Å². The molecule has 1 aliphatic rings. The van der Waals surface area contributed by atoms with Crippen LogP contribution in [0.5, 0.6) is 0 Å². The summed E-state index contributed by atoms with van der Waals surface area (Å²) < 4.78 is 0. The van der Waals surface area contributed by atoms with Crippen LogP contribution in [0.4, 0.5) is 0 Å². The maximum Gasteiger partial charge on any atom is 0.225 e. The van der Waals surface area contributed by atoms with E-state index in [-0.39, 0.29) is 5.92 Å². The third-order valence-electron chi connectivity index (χ3n) is 3.65. The molecule has 3 heteroatoms. The zero-order valence-electron chi connectivity index (χ0n) is 10.2. The SMILES string of the molecule is CC(C)C(C)C(=O)N1CCC(CN)CC1. The molecule has 1 unspecified atom stereocenters. The second-order valence-corrected chi connectivity index (χ2v) is 5.04. The van der Waals surface area contributed by atoms with Crippen LogP contribution >= 0.6 is 0 Å². The van der Waals surface area contributed by atoms with Crippen LogP contribution in [0.25, 0.3) is 0 Å². The molecular weight excluding hydrogens is 188 g/mol. The molecule has 1 rings (SSSR count). The molecule has 88 valence electrons. The number of hydrogen-bond acceptors (Lipinski definition) is 2. The Bertz CT molecular complexity index is 208. The van der Waals surface area contributed by atoms with Crippen molar-refractivity contribution < 1.29 is 4.79 Å². The quantitative estimate of drug-likeness (QED) is 0.770. The molecule has 0 bridgehead atoms. The smallest absolute Gasteiger partial charge is 0.225 e. The highest BCUT2D eigenvalue weighted by molar-refractivity contribution is 5.78. The lowest BCUT2D eigenvalue weighted by Gasteiger charge is -2.33. The number of nitrogens with zero attached hydrogens (tertiary/aromatic N) is 1. The molecule has 0 radical (unpaired) electrons. The normalized spacial score (nSPS) is 20.7. The van der Waals surface area contributed by atoms with Gasteiger partial charge >= 0.3 is 0 Å². The van der Waals surface area contributed by atoms with Gasteiger partial charge in [-0.3, -0.25) is 4.79 Å². The van der Waals surface area contributed by atoms with E-state index in [2.05, 4.69) is 13.8 Å². The Morgan fingerprint density at radius 3 is 2.27 bits per heavy atom. The Balaban J connectivity index is 2.42. The van der Waals surface area contributed by atoms with Crippen molar-refractivity contribution in [2.45, 2.75) is 33.6 Å². The molecule has 0 aliphatic carbocycles. The standard InChI is InChI=1S/C12H24N2O/c1-9(2)10(3)12(15)14-6-4-11(8-13)5-7-14/h9-11H,4-8,13H2,1-3H3. The van der Waals surface area contributed by atoms with E-state index in [4.69, 9.17) is 5.73 Å². The molecule has 1 atom stereocenters. The predicted octanol–water partition coefficient (Wildman–Crippen LogP) is 1.48. The number of hydrogen-bond donors (Lipinski definition) is 1. The van der Waals surface area contributed by atoms with Crippen LogP contribution in [0.3, 0.4) is 0 Å². The van der Waals surface area contributed by atoms with Crippen LogP contribution in [-0.2, 0) is 4.79 Å². The third-order valence-corrected chi connectivity index (χ3v) is 3.65. The van der Waals surface area contributed by atoms with Crippen LogP contribution in [-0.4, -0.2) is 30.4 Å². The van der Waals surface area contributed by atoms with Crippen molar-refractivity contribution >= 4 is 5.91 Å². The Morgan fingerprint density at radius 1 is 1.33 bits per heavy atom. The van der Waals surface area contributed by atoms with Gasteiger partial charge in [0.1, 0.15) is 0 Å². The van der Waals surface area contributed by atoms with Gasteiger partial charge in [0.25, 0.3) is 0 Å². The minimum atomic E-state index is 0.152. The van der Waals surface area contributed by atoms with Gasteiger partial charge in [0.15, 0.2) is 0 Å². The first-order valence-electron chi connectivity index (χ1n) is 6.05. The highest BCUT2D eigenvalue weighted by Crippen LogP contribution is 2.20. The van der Waals surface area contributed by atoms with Crippen molar-refractivity contribution in [3.63, 3.8) is 0 Å². The molecule has 0 aromatic carbocycles. The monoisotopic (exact) mass is 212 g/mol. The average molecular weight is 212 g/mol. The molecule has 1 heterocycles. The van der Waals surface area contributed by atoms with Crippen molar-refractivity contribution in [3.05, 3.63) is 0 Å². The number of piperidine rings is 1. The van der Waals surface area contributed by atoms with Crippen LogP contribution in [0, 0.1) is 17.8 Å². The molecule has 15 heavy (non-hydrogen) atoms. The summed E-state index contributed by atoms with van der Waals surface area (Å²) in [5.41, 5.74) is 5.63. The molecule has 1 aliphatic heterocycles. The summed E-state index contributed by atoms with van der Waals surface area (Å²) in [6.45, 7) is 8.81. The van der Waals surface area contributed by atoms with E-state index in [0.717, 1.165) is 32.5 Å². The average Bonchev–Trinajstić information content (AvgIpc) is 2.27. The van der Waals surface area contributed by atoms with Gasteiger partial charge in [-0.2, -0.15) is 0 Å². The summed E-state index contributed by atoms with van der Waals surface area (Å²) in [5, 5.41) is 0. The number of rotatable bonds is 3. The zero-order valence-corrected chi connectivity index (χ0v) is 10.2. The first kappa shape index (κ1) is 12.5. The highest BCUT2D eigenvalue weighted by Gasteiger charge is 2.26. The fourth-order valence-electron chi connectivity index (χ4n) is 1.96. The lowest BCUT2D eigenvalue weighted by Crippen LogP contribution is -2.43. The number of likely N-dealkylation sites (tertiary alicyclic amines) is 1. The van der Waals surface area contributed by atoms with Gasteiger partial charge in [0, 0.05) is 19.0 Å². The molecule has 0 saturated carbocycles. The van der Waals surface area contributed by atoms with Crippen LogP contribution in [0.1, 0.15) is 33.6 Å². The van der Waals surface area contributed by atoms with E-state index in [0.29, 0.717) is 17.7 Å². The Morgan fingerprint density at radius 2 is 1.87 bits per heavy atom. The zero-order chi connectivity index (χ0) is 11.4. The highest BCUT2D eigenvalue weighted by atomic mass is 16.2. The van der Waals surface area contributed by atoms with Crippen molar-refractivity contribution in [2.24, 2.45) is 23.5 Å². The van der Waals surface area contributed by atoms with E-state index in [1.165, 1.54) is 0 Å². The molecule has 0 aromatic heterocycles. The summed E-state index contributed by atoms with van der Waals surface area (Å²) >= 11 is 0. The number of carbonyl (C=O) groups excluding carboxylic acids is 1. The minimum Gasteiger partial charge on any atom is -0.342 e. The van der Waals surface area contributed by atoms with Gasteiger partial charge in [0.2, 0.25) is 5.91 Å². The molecule has 2 N–H and O–H groups in total. The van der Waals surface area contributed by atoms with E-state index in [1.54, 1.807) is 0 Å². The molecule has 0 spiro atoms. The summed E-state index contributed by atoms with van der Waals surface area (Å²) in [6.07, 6.45) is 2.15. The summed E-state index contributed by atoms with van der Waals surface area (Å²) in [5.74, 6) is 1.54. The lowest BCUT2D eigenvalue weighted by molar-refractivity contribution is -0.137. The van der Waals surface area contributed by atoms with E-state index in [1.807, 2.05) is 11.8 Å². The maximum atomic E-state index is 12.0. The largest absolute Gasteiger partial charge is 0.342 e. The van der Waals surface area contributed by atoms with Gasteiger partial charge < -0.3 is 10.6 Å². The first-order chi connectivity index (χ1) is 7.06. The molecule has 1 fully saturated rings. The van der Waals surface area contributed by atoms with E-state index in [9.17, 15) is 4.79 Å². The minimum absolute atomic E-state index is 0.152. The first-order valence-corrected chi connectivity index (χ1v) is 6.05. The Hall–Kier alpha value is -0.570. The van der Waals surface area contributed by atoms with Crippen molar-refractivity contribution in [1.82, 2.24) is 4.90 Å². The summed E-state index contributed by atoms with van der Waals surface area (Å²) in [7, 11) is 0. The number of nitrogens with two attached hydrogens (primary N) is 1. The van der Waals surface area contributed by atoms with E-state index >= 15 is 0 Å². The Kier molecular flexibility index (Phi) is 4.58. The van der Waals surface area contributed by atoms with Crippen molar-refractivity contribution in [2.75, 3.05) is 19.6 Å². The topological polar surface area (TPSA) is 46.3 Å². The predicted molar refractivity (Wildman–Crippen MR) is 62.4 cm³/mol. The Labute approximate surface area is 93.0 Å². The molecule has 3 nitrogen and oxygen atoms in total. The second kappa shape index (κ2) is 5.50. The van der Waals surface area contributed by atoms with Gasteiger partial charge in [-0.05, 0) is 31.2 Å². The number of carbonyl (C=O) groups is 1. The van der Waals surface area contributed by atoms with E-state index < -0.39 is 0 Å². The van der Waals surface area contributed by atoms with Crippen LogP contribution in [0.2, 0.25) is 0 Å². The van der Waals surface area contributed by atoms with Gasteiger partial charge in [-0.15, -0.1) is 0 Å². The maximum absolute atomic E-state index is 12.0. The van der Waals surface area contributed by atoms with Crippen molar-refractivity contribution in [3.8, 4) is 0 Å². The van der Waals surface area contributed by atoms with Crippen LogP contribution in [0.15, 0.2) is 0 Å². The van der Waals surface area contributed by atoms with Crippen LogP contribution < -0.4 is 5.73 Å². The molecule has 1 saturated heterocycles. The third kappa shape index (κ3) is 3.20. The summed E-state index contributed by atoms with van der Waals surface area (Å²) in [6, 6.07) is 0. The second-order valence-electron chi connectivity index (χ2n) is 5.04. The summed E-state index contributed by atoms with van der Waals surface area (Å²) in [4.78, 5) is 14.0. The van der Waals surface area contributed by atoms with Gasteiger partial charge in [-0.25, -0.2) is 0 Å². The fourth-order valence-corrected chi connectivity index (χ4v) is 1.96. The molecule has 1 amide bonds. The fraction of sp³-hybridized carbons (Fsp3) is 0.917.